The van der Waals surface area contributed by atoms with Gasteiger partial charge in [0.15, 0.2) is 0 Å². The van der Waals surface area contributed by atoms with E-state index < -0.39 is 5.92 Å². The van der Waals surface area contributed by atoms with E-state index in [2.05, 4.69) is 15.3 Å². The molecule has 0 spiro atoms. The van der Waals surface area contributed by atoms with Gasteiger partial charge < -0.3 is 5.32 Å². The van der Waals surface area contributed by atoms with Crippen molar-refractivity contribution in [2.75, 3.05) is 0 Å². The molecule has 1 N–H and O–H groups in total. The first-order valence-electron chi connectivity index (χ1n) is 4.58. The average molecular weight is 204 g/mol. The van der Waals surface area contributed by atoms with E-state index in [4.69, 9.17) is 5.26 Å². The van der Waals surface area contributed by atoms with Gasteiger partial charge in [0.2, 0.25) is 5.91 Å². The fourth-order valence-corrected chi connectivity index (χ4v) is 0.900. The Kier molecular flexibility index (Phi) is 3.75. The molecule has 1 amide bonds. The first-order chi connectivity index (χ1) is 7.13. The number of carbonyl (C=O) groups is 1. The van der Waals surface area contributed by atoms with Gasteiger partial charge in [0.05, 0.1) is 30.2 Å². The molecule has 0 aromatic carbocycles. The fourth-order valence-electron chi connectivity index (χ4n) is 0.900. The Balaban J connectivity index is 2.48. The zero-order valence-corrected chi connectivity index (χ0v) is 8.69. The summed E-state index contributed by atoms with van der Waals surface area (Å²) >= 11 is 0. The molecule has 0 fully saturated rings. The van der Waals surface area contributed by atoms with E-state index in [1.165, 1.54) is 0 Å². The second-order valence-electron chi connectivity index (χ2n) is 3.22. The predicted octanol–water partition coefficient (Wildman–Crippen LogP) is 0.561. The van der Waals surface area contributed by atoms with E-state index in [9.17, 15) is 4.79 Å². The van der Waals surface area contributed by atoms with Crippen LogP contribution in [0.15, 0.2) is 12.4 Å². The highest BCUT2D eigenvalue weighted by Crippen LogP contribution is 1.95. The van der Waals surface area contributed by atoms with Crippen LogP contribution in [0.5, 0.6) is 0 Å². The van der Waals surface area contributed by atoms with Crippen LogP contribution < -0.4 is 5.32 Å². The number of aromatic nitrogens is 2. The minimum atomic E-state index is -0.636. The Morgan fingerprint density at radius 3 is 2.87 bits per heavy atom. The molecule has 0 saturated carbocycles. The lowest BCUT2D eigenvalue weighted by Gasteiger charge is -2.05. The van der Waals surface area contributed by atoms with Crippen molar-refractivity contribution in [2.24, 2.45) is 5.92 Å². The Morgan fingerprint density at radius 2 is 2.33 bits per heavy atom. The molecule has 1 aromatic rings. The van der Waals surface area contributed by atoms with Gasteiger partial charge >= 0.3 is 0 Å². The van der Waals surface area contributed by atoms with Gasteiger partial charge in [0, 0.05) is 6.20 Å². The van der Waals surface area contributed by atoms with E-state index >= 15 is 0 Å². The largest absolute Gasteiger partial charge is 0.349 e. The van der Waals surface area contributed by atoms with E-state index in [1.807, 2.05) is 13.0 Å². The number of rotatable bonds is 3. The van der Waals surface area contributed by atoms with Crippen molar-refractivity contribution < 1.29 is 4.79 Å². The highest BCUT2D eigenvalue weighted by atomic mass is 16.1. The molecule has 5 nitrogen and oxygen atoms in total. The van der Waals surface area contributed by atoms with E-state index in [-0.39, 0.29) is 5.91 Å². The Hall–Kier alpha value is -1.96. The molecule has 78 valence electrons. The highest BCUT2D eigenvalue weighted by Gasteiger charge is 2.10. The Labute approximate surface area is 88.2 Å². The van der Waals surface area contributed by atoms with Crippen LogP contribution in [0, 0.1) is 24.2 Å². The van der Waals surface area contributed by atoms with Crippen LogP contribution >= 0.6 is 0 Å². The summed E-state index contributed by atoms with van der Waals surface area (Å²) < 4.78 is 0. The summed E-state index contributed by atoms with van der Waals surface area (Å²) in [5.41, 5.74) is 1.51. The first kappa shape index (κ1) is 11.1. The standard InChI is InChI=1S/C10H12N4O/c1-7(3-11)10(15)14-6-9-5-12-8(2)4-13-9/h4-5,7H,6H2,1-2H3,(H,14,15). The summed E-state index contributed by atoms with van der Waals surface area (Å²) in [6, 6.07) is 1.86. The van der Waals surface area contributed by atoms with Crippen molar-refractivity contribution in [3.63, 3.8) is 0 Å². The summed E-state index contributed by atoms with van der Waals surface area (Å²) in [7, 11) is 0. The van der Waals surface area contributed by atoms with Crippen LogP contribution in [-0.4, -0.2) is 15.9 Å². The number of nitriles is 1. The van der Waals surface area contributed by atoms with Crippen LogP contribution in [0.2, 0.25) is 0 Å². The molecule has 1 rings (SSSR count). The van der Waals surface area contributed by atoms with Crippen molar-refractivity contribution in [1.29, 1.82) is 5.26 Å². The topological polar surface area (TPSA) is 78.7 Å². The monoisotopic (exact) mass is 204 g/mol. The van der Waals surface area contributed by atoms with Crippen molar-refractivity contribution >= 4 is 5.91 Å². The minimum Gasteiger partial charge on any atom is -0.349 e. The van der Waals surface area contributed by atoms with E-state index in [0.29, 0.717) is 12.2 Å². The summed E-state index contributed by atoms with van der Waals surface area (Å²) in [4.78, 5) is 19.4. The molecule has 1 atom stereocenters. The maximum atomic E-state index is 11.2. The van der Waals surface area contributed by atoms with Gasteiger partial charge in [0.1, 0.15) is 5.92 Å². The number of hydrogen-bond acceptors (Lipinski definition) is 4. The fraction of sp³-hybridized carbons (Fsp3) is 0.400. The zero-order valence-electron chi connectivity index (χ0n) is 8.69. The second kappa shape index (κ2) is 5.05. The molecule has 15 heavy (non-hydrogen) atoms. The highest BCUT2D eigenvalue weighted by molar-refractivity contribution is 5.80. The van der Waals surface area contributed by atoms with Gasteiger partial charge in [-0.2, -0.15) is 5.26 Å². The van der Waals surface area contributed by atoms with E-state index in [1.54, 1.807) is 19.3 Å². The molecule has 0 aliphatic carbocycles. The van der Waals surface area contributed by atoms with Gasteiger partial charge in [-0.1, -0.05) is 0 Å². The first-order valence-corrected chi connectivity index (χ1v) is 4.58. The number of hydrogen-bond donors (Lipinski definition) is 1. The third kappa shape index (κ3) is 3.35. The molecule has 1 unspecified atom stereocenters. The SMILES string of the molecule is Cc1cnc(CNC(=O)C(C)C#N)cn1. The zero-order chi connectivity index (χ0) is 11.3. The second-order valence-corrected chi connectivity index (χ2v) is 3.22. The molecule has 1 heterocycles. The third-order valence-electron chi connectivity index (χ3n) is 1.87. The normalized spacial score (nSPS) is 11.5. The molecule has 5 heteroatoms. The molecule has 0 radical (unpaired) electrons. The van der Waals surface area contributed by atoms with Gasteiger partial charge in [-0.3, -0.25) is 14.8 Å². The van der Waals surface area contributed by atoms with Gasteiger partial charge in [0.25, 0.3) is 0 Å². The van der Waals surface area contributed by atoms with Crippen molar-refractivity contribution in [3.05, 3.63) is 23.8 Å². The lowest BCUT2D eigenvalue weighted by atomic mass is 10.2. The van der Waals surface area contributed by atoms with Crippen LogP contribution in [-0.2, 0) is 11.3 Å². The Morgan fingerprint density at radius 1 is 1.60 bits per heavy atom. The number of carbonyl (C=O) groups excluding carboxylic acids is 1. The maximum Gasteiger partial charge on any atom is 0.237 e. The van der Waals surface area contributed by atoms with Crippen molar-refractivity contribution in [1.82, 2.24) is 15.3 Å². The molecule has 0 bridgehead atoms. The predicted molar refractivity (Wildman–Crippen MR) is 53.4 cm³/mol. The molecular formula is C10H12N4O. The summed E-state index contributed by atoms with van der Waals surface area (Å²) in [6.45, 7) is 3.70. The summed E-state index contributed by atoms with van der Waals surface area (Å²) in [6.07, 6.45) is 3.24. The lowest BCUT2D eigenvalue weighted by molar-refractivity contribution is -0.123. The third-order valence-corrected chi connectivity index (χ3v) is 1.87. The smallest absolute Gasteiger partial charge is 0.237 e. The number of nitrogens with zero attached hydrogens (tertiary/aromatic N) is 3. The summed E-state index contributed by atoms with van der Waals surface area (Å²) in [5.74, 6) is -0.928. The van der Waals surface area contributed by atoms with Crippen LogP contribution in [0.3, 0.4) is 0 Å². The summed E-state index contributed by atoms with van der Waals surface area (Å²) in [5, 5.41) is 11.1. The van der Waals surface area contributed by atoms with Crippen LogP contribution in [0.25, 0.3) is 0 Å². The molecular weight excluding hydrogens is 192 g/mol. The van der Waals surface area contributed by atoms with Crippen LogP contribution in [0.4, 0.5) is 0 Å². The molecule has 0 aliphatic heterocycles. The van der Waals surface area contributed by atoms with Crippen molar-refractivity contribution in [3.8, 4) is 6.07 Å². The molecule has 0 aliphatic rings. The molecule has 0 saturated heterocycles. The molecule has 1 aromatic heterocycles. The van der Waals surface area contributed by atoms with Gasteiger partial charge in [-0.05, 0) is 13.8 Å². The number of aryl methyl sites for hydroxylation is 1. The van der Waals surface area contributed by atoms with Crippen molar-refractivity contribution in [2.45, 2.75) is 20.4 Å². The average Bonchev–Trinajstić information content (AvgIpc) is 2.26. The van der Waals surface area contributed by atoms with Crippen LogP contribution in [0.1, 0.15) is 18.3 Å². The maximum absolute atomic E-state index is 11.2. The van der Waals surface area contributed by atoms with E-state index in [0.717, 1.165) is 5.69 Å². The number of nitrogens with one attached hydrogen (secondary N) is 1. The Bertz CT molecular complexity index is 379. The quantitative estimate of drug-likeness (QED) is 0.780. The van der Waals surface area contributed by atoms with Gasteiger partial charge in [-0.15, -0.1) is 0 Å². The van der Waals surface area contributed by atoms with Gasteiger partial charge in [-0.25, -0.2) is 0 Å². The number of amides is 1. The minimum absolute atomic E-state index is 0.292. The lowest BCUT2D eigenvalue weighted by Crippen LogP contribution is -2.28.